The number of likely N-dealkylation sites (tertiary alicyclic amines) is 1. The standard InChI is InChI=1S/C78H100N20O18S3/c1-7-38(2)64(96-77(115)65(40(4)99)97-73(111)54(26-43-32-83-50-19-12-9-16-47(43)50)89-68(106)52(22-24-117-6)87-41(5)100)76(114)95-60-36-119-118-35-59(75(113)93-58(78(116)98-23-14-21-61(98)66(80)104)27-44-33-84-51-20-13-10-17-48(44)51)94-72(110)57(30-63(102)103)92-71(109)55(28-45-34-81-37-85-45)90-70(108)53(25-42-31-82-49-18-11-8-15-46(42)49)88-67(105)39(3)86-69(107)56(29-62(79)101)91-74(60)112/h8-13,15-20,31-34,37-40,52-61,64-65,82-84,99H,7,14,21-30,35-36H2,1-6H3,(H2,79,101)(H2,80,104)(H,81,85)(H,86,107)(H,87,100)(H,88,105)(H,89,106)(H,90,108)(H,91,112)(H,92,109)(H,93,113)(H,94,110)(H,95,114)(H,96,115)(H,97,111)(H,102,103)/t38-,39-,40+,52-,53-,54-,55-,56-,57-,58-,59-,60-,61-,64-,65-/m0/s1. The first-order valence-electron chi connectivity index (χ1n) is 38.6. The van der Waals surface area contributed by atoms with Gasteiger partial charge in [-0.15, -0.1) is 0 Å². The summed E-state index contributed by atoms with van der Waals surface area (Å²) in [5.74, 6) is -18.4. The van der Waals surface area contributed by atoms with Crippen LogP contribution in [0.2, 0.25) is 0 Å². The second-order valence-corrected chi connectivity index (χ2v) is 32.8. The number of aromatic nitrogens is 5. The van der Waals surface area contributed by atoms with Gasteiger partial charge in [-0.3, -0.25) is 76.7 Å². The number of para-hydroxylation sites is 3. The molecule has 38 nitrogen and oxygen atoms in total. The van der Waals surface area contributed by atoms with Crippen molar-refractivity contribution >= 4 is 161 Å². The highest BCUT2D eigenvalue weighted by molar-refractivity contribution is 8.76. The highest BCUT2D eigenvalue weighted by Crippen LogP contribution is 2.28. The zero-order valence-corrected chi connectivity index (χ0v) is 68.5. The molecule has 119 heavy (non-hydrogen) atoms. The van der Waals surface area contributed by atoms with Crippen molar-refractivity contribution in [3.63, 3.8) is 0 Å². The fourth-order valence-electron chi connectivity index (χ4n) is 13.8. The molecule has 0 bridgehead atoms. The molecule has 9 rings (SSSR count). The Labute approximate surface area is 694 Å². The van der Waals surface area contributed by atoms with Crippen LogP contribution in [0.15, 0.2) is 104 Å². The highest BCUT2D eigenvalue weighted by atomic mass is 33.1. The number of carbonyl (C=O) groups excluding carboxylic acids is 15. The maximum atomic E-state index is 15.4. The average molecular weight is 1700 g/mol. The number of aliphatic hydroxyl groups is 1. The Morgan fingerprint density at radius 1 is 0.597 bits per heavy atom. The molecule has 41 heteroatoms. The number of H-pyrrole nitrogens is 4. The van der Waals surface area contributed by atoms with Crippen LogP contribution in [-0.2, 0) is 102 Å². The number of hydrogen-bond donors (Lipinski definition) is 20. The summed E-state index contributed by atoms with van der Waals surface area (Å²) in [6.45, 7) is 6.87. The molecule has 2 aliphatic rings. The Balaban J connectivity index is 1.07. The summed E-state index contributed by atoms with van der Waals surface area (Å²) in [5, 5.41) is 54.5. The zero-order chi connectivity index (χ0) is 86.3. The molecule has 0 unspecified atom stereocenters. The van der Waals surface area contributed by atoms with Crippen molar-refractivity contribution in [3.05, 3.63) is 126 Å². The summed E-state index contributed by atoms with van der Waals surface area (Å²) in [7, 11) is 1.49. The molecule has 7 aromatic rings. The summed E-state index contributed by atoms with van der Waals surface area (Å²) < 4.78 is 0. The first-order chi connectivity index (χ1) is 56.8. The van der Waals surface area contributed by atoms with Crippen LogP contribution >= 0.6 is 33.3 Å². The number of hydrogen-bond acceptors (Lipinski definition) is 21. The highest BCUT2D eigenvalue weighted by Gasteiger charge is 2.42. The lowest BCUT2D eigenvalue weighted by Crippen LogP contribution is -2.63. The molecular formula is C78H100N20O18S3. The number of carbonyl (C=O) groups is 16. The number of fused-ring (bicyclic) bond motifs is 3. The van der Waals surface area contributed by atoms with Crippen molar-refractivity contribution in [2.24, 2.45) is 17.4 Å². The summed E-state index contributed by atoms with van der Waals surface area (Å²) in [4.78, 5) is 247. The van der Waals surface area contributed by atoms with Gasteiger partial charge in [0.05, 0.1) is 25.3 Å². The van der Waals surface area contributed by atoms with E-state index in [1.165, 1.54) is 50.0 Å². The van der Waals surface area contributed by atoms with E-state index in [4.69, 9.17) is 11.5 Å². The number of primary amides is 2. The minimum Gasteiger partial charge on any atom is -0.481 e. The number of nitrogens with zero attached hydrogens (tertiary/aromatic N) is 2. The van der Waals surface area contributed by atoms with Crippen LogP contribution in [-0.4, -0.2) is 249 Å². The smallest absolute Gasteiger partial charge is 0.305 e. The van der Waals surface area contributed by atoms with Gasteiger partial charge in [0, 0.05) is 114 Å². The lowest BCUT2D eigenvalue weighted by Gasteiger charge is -2.30. The Morgan fingerprint density at radius 2 is 1.13 bits per heavy atom. The molecule has 0 saturated carbocycles. The minimum atomic E-state index is -2.07. The van der Waals surface area contributed by atoms with Crippen LogP contribution in [0, 0.1) is 5.92 Å². The van der Waals surface area contributed by atoms with Gasteiger partial charge in [-0.25, -0.2) is 4.98 Å². The van der Waals surface area contributed by atoms with Crippen LogP contribution in [0.5, 0.6) is 0 Å². The number of nitrogens with one attached hydrogen (secondary N) is 16. The summed E-state index contributed by atoms with van der Waals surface area (Å²) in [5.41, 5.74) is 15.3. The largest absolute Gasteiger partial charge is 0.481 e. The predicted octanol–water partition coefficient (Wildman–Crippen LogP) is -1.62. The number of thioether (sulfide) groups is 1. The van der Waals surface area contributed by atoms with Gasteiger partial charge in [-0.2, -0.15) is 11.8 Å². The number of imidazole rings is 1. The Morgan fingerprint density at radius 3 is 1.70 bits per heavy atom. The monoisotopic (exact) mass is 1700 g/mol. The Bertz CT molecular complexity index is 4860. The molecular weight excluding hydrogens is 1600 g/mol. The van der Waals surface area contributed by atoms with E-state index < -0.39 is 216 Å². The van der Waals surface area contributed by atoms with Gasteiger partial charge >= 0.3 is 5.97 Å². The van der Waals surface area contributed by atoms with Gasteiger partial charge < -0.3 is 110 Å². The number of carboxylic acid groups (broad SMARTS) is 1. The van der Waals surface area contributed by atoms with E-state index in [1.54, 1.807) is 111 Å². The molecule has 2 aliphatic heterocycles. The number of carboxylic acids is 1. The van der Waals surface area contributed by atoms with E-state index in [1.807, 2.05) is 0 Å². The number of aliphatic carboxylic acids is 1. The fourth-order valence-corrected chi connectivity index (χ4v) is 16.6. The van der Waals surface area contributed by atoms with Crippen LogP contribution < -0.4 is 75.3 Å². The average Bonchev–Trinajstić information content (AvgIpc) is 1.70. The van der Waals surface area contributed by atoms with Crippen molar-refractivity contribution in [2.75, 3.05) is 30.1 Å². The lowest BCUT2D eigenvalue weighted by molar-refractivity contribution is -0.142. The van der Waals surface area contributed by atoms with Gasteiger partial charge in [0.25, 0.3) is 0 Å². The van der Waals surface area contributed by atoms with E-state index >= 15 is 19.2 Å². The molecule has 15 atom stereocenters. The number of benzene rings is 3. The fraction of sp³-hybridized carbons (Fsp3) is 0.449. The lowest BCUT2D eigenvalue weighted by atomic mass is 9.97. The van der Waals surface area contributed by atoms with Gasteiger partial charge in [-0.05, 0) is 85.9 Å². The van der Waals surface area contributed by atoms with Gasteiger partial charge in [0.15, 0.2) is 0 Å². The SMILES string of the molecule is CC[C@H](C)[C@H](NC(=O)[C@@H](NC(=O)[C@H](Cc1c[nH]c2ccccc12)NC(=O)[C@H](CCSC)NC(C)=O)[C@@H](C)O)C(=O)N[C@H]1CSSC[C@@H](C(=O)N[C@@H](Cc2c[nH]c3ccccc23)C(=O)N2CCC[C@H]2C(N)=O)NC(=O)[C@H](CC(=O)O)NC(=O)[C@H](Cc2cnc[nH]2)NC(=O)[C@H](Cc2c[nH]c3ccccc23)NC(=O)[C@H](C)NC(=O)[C@H](CC(N)=O)NC1=O. The molecule has 2 saturated heterocycles. The first kappa shape index (κ1) is 90.9. The van der Waals surface area contributed by atoms with Crippen molar-refractivity contribution < 1.29 is 86.9 Å². The van der Waals surface area contributed by atoms with E-state index in [0.717, 1.165) is 21.6 Å². The number of aromatic amines is 4. The molecule has 0 aliphatic carbocycles. The Kier molecular flexibility index (Phi) is 32.8. The Hall–Kier alpha value is -12.0. The number of aliphatic hydroxyl groups excluding tert-OH is 1. The third-order valence-electron chi connectivity index (χ3n) is 20.4. The maximum Gasteiger partial charge on any atom is 0.305 e. The summed E-state index contributed by atoms with van der Waals surface area (Å²) in [6, 6.07) is -0.268. The van der Waals surface area contributed by atoms with Gasteiger partial charge in [0.2, 0.25) is 88.6 Å². The zero-order valence-electron chi connectivity index (χ0n) is 66.1. The quantitative estimate of drug-likeness (QED) is 0.0217. The van der Waals surface area contributed by atoms with E-state index in [0.29, 0.717) is 61.6 Å². The number of rotatable bonds is 31. The van der Waals surface area contributed by atoms with E-state index in [9.17, 15) is 67.7 Å². The second-order valence-electron chi connectivity index (χ2n) is 29.3. The molecule has 22 N–H and O–H groups in total. The van der Waals surface area contributed by atoms with E-state index in [-0.39, 0.29) is 50.8 Å². The number of nitrogens with two attached hydrogens (primary N) is 2. The molecule has 15 amide bonds. The second kappa shape index (κ2) is 42.9. The third kappa shape index (κ3) is 25.0. The molecule has 638 valence electrons. The molecule has 6 heterocycles. The molecule has 3 aromatic carbocycles. The van der Waals surface area contributed by atoms with Crippen LogP contribution in [0.1, 0.15) is 95.5 Å². The predicted molar refractivity (Wildman–Crippen MR) is 442 cm³/mol. The molecule has 0 spiro atoms. The molecule has 4 aromatic heterocycles. The van der Waals surface area contributed by atoms with Gasteiger partial charge in [0.1, 0.15) is 78.5 Å². The van der Waals surface area contributed by atoms with Crippen molar-refractivity contribution in [2.45, 2.75) is 183 Å². The third-order valence-corrected chi connectivity index (χ3v) is 23.5. The topological polar surface area (TPSA) is 589 Å². The normalized spacial score (nSPS) is 21.2. The van der Waals surface area contributed by atoms with E-state index in [2.05, 4.69) is 88.7 Å². The maximum absolute atomic E-state index is 15.4. The first-order valence-corrected chi connectivity index (χ1v) is 42.4. The van der Waals surface area contributed by atoms with Crippen LogP contribution in [0.3, 0.4) is 0 Å². The van der Waals surface area contributed by atoms with Crippen molar-refractivity contribution in [1.29, 1.82) is 0 Å². The summed E-state index contributed by atoms with van der Waals surface area (Å²) in [6.07, 6.45) is 5.15. The summed E-state index contributed by atoms with van der Waals surface area (Å²) >= 11 is 1.41. The van der Waals surface area contributed by atoms with Crippen molar-refractivity contribution in [1.82, 2.24) is 93.6 Å². The molecule has 2 fully saturated rings. The van der Waals surface area contributed by atoms with Crippen LogP contribution in [0.25, 0.3) is 32.7 Å². The van der Waals surface area contributed by atoms with Gasteiger partial charge in [-0.1, -0.05) is 96.5 Å². The minimum absolute atomic E-state index is 0.0551. The number of amides is 15. The van der Waals surface area contributed by atoms with Crippen LogP contribution in [0.4, 0.5) is 0 Å². The van der Waals surface area contributed by atoms with Crippen molar-refractivity contribution in [3.8, 4) is 0 Å². The molecule has 0 radical (unpaired) electrons.